The Morgan fingerprint density at radius 1 is 1.16 bits per heavy atom. The van der Waals surface area contributed by atoms with Crippen LogP contribution in [0.15, 0.2) is 29.4 Å². The molecule has 0 fully saturated rings. The van der Waals surface area contributed by atoms with Gasteiger partial charge in [0, 0.05) is 33.1 Å². The molecule has 100 valence electrons. The Labute approximate surface area is 113 Å². The predicted octanol–water partition coefficient (Wildman–Crippen LogP) is 1.65. The largest absolute Gasteiger partial charge is 0.293 e. The lowest BCUT2D eigenvalue weighted by molar-refractivity contribution is -0.130. The molecular weight excluding hydrogens is 238 g/mol. The van der Waals surface area contributed by atoms with Crippen LogP contribution in [-0.4, -0.2) is 41.7 Å². The summed E-state index contributed by atoms with van der Waals surface area (Å²) in [4.78, 5) is 13.8. The lowest BCUT2D eigenvalue weighted by atomic mass is 9.99. The van der Waals surface area contributed by atoms with Crippen molar-refractivity contribution in [1.82, 2.24) is 9.91 Å². The summed E-state index contributed by atoms with van der Waals surface area (Å²) < 4.78 is 0. The van der Waals surface area contributed by atoms with Crippen molar-refractivity contribution in [2.45, 2.75) is 25.8 Å². The van der Waals surface area contributed by atoms with Crippen LogP contribution >= 0.6 is 0 Å². The Balaban J connectivity index is 1.66. The molecule has 0 atom stereocenters. The molecule has 4 nitrogen and oxygen atoms in total. The highest BCUT2D eigenvalue weighted by Crippen LogP contribution is 2.19. The summed E-state index contributed by atoms with van der Waals surface area (Å²) in [5.41, 5.74) is 4.02. The first-order valence-electron chi connectivity index (χ1n) is 6.84. The number of carbonyl (C=O) groups excluding carboxylic acids is 1. The molecule has 3 rings (SSSR count). The van der Waals surface area contributed by atoms with E-state index in [0.29, 0.717) is 6.42 Å². The number of rotatable bonds is 2. The van der Waals surface area contributed by atoms with E-state index in [1.807, 2.05) is 0 Å². The maximum atomic E-state index is 11.4. The van der Waals surface area contributed by atoms with Crippen LogP contribution in [0.3, 0.4) is 0 Å². The number of carbonyl (C=O) groups is 1. The number of fused-ring (bicyclic) bond motifs is 1. The zero-order valence-electron chi connectivity index (χ0n) is 11.3. The standard InChI is InChI=1S/C15H19N3O/c1-17-15(19)7-6-14(16-17)11-18-9-8-12-4-2-3-5-13(12)10-18/h2-5H,6-11H2,1H3. The van der Waals surface area contributed by atoms with E-state index >= 15 is 0 Å². The van der Waals surface area contributed by atoms with E-state index < -0.39 is 0 Å². The first-order valence-corrected chi connectivity index (χ1v) is 6.84. The zero-order valence-corrected chi connectivity index (χ0v) is 11.3. The summed E-state index contributed by atoms with van der Waals surface area (Å²) >= 11 is 0. The summed E-state index contributed by atoms with van der Waals surface area (Å²) in [6.45, 7) is 2.95. The van der Waals surface area contributed by atoms with Gasteiger partial charge in [0.25, 0.3) is 0 Å². The second-order valence-corrected chi connectivity index (χ2v) is 5.31. The van der Waals surface area contributed by atoms with Gasteiger partial charge < -0.3 is 0 Å². The van der Waals surface area contributed by atoms with Crippen molar-refractivity contribution in [2.75, 3.05) is 20.1 Å². The maximum absolute atomic E-state index is 11.4. The molecule has 2 aliphatic heterocycles. The van der Waals surface area contributed by atoms with Gasteiger partial charge in [-0.25, -0.2) is 5.01 Å². The summed E-state index contributed by atoms with van der Waals surface area (Å²) in [7, 11) is 1.74. The van der Waals surface area contributed by atoms with E-state index in [2.05, 4.69) is 34.3 Å². The molecule has 0 spiro atoms. The Kier molecular flexibility index (Phi) is 3.34. The minimum atomic E-state index is 0.118. The highest BCUT2D eigenvalue weighted by atomic mass is 16.2. The molecule has 19 heavy (non-hydrogen) atoms. The van der Waals surface area contributed by atoms with Gasteiger partial charge in [-0.2, -0.15) is 5.10 Å². The summed E-state index contributed by atoms with van der Waals surface area (Å²) in [5.74, 6) is 0.118. The van der Waals surface area contributed by atoms with Gasteiger partial charge in [-0.15, -0.1) is 0 Å². The van der Waals surface area contributed by atoms with Crippen LogP contribution in [0, 0.1) is 0 Å². The highest BCUT2D eigenvalue weighted by Gasteiger charge is 2.21. The van der Waals surface area contributed by atoms with Gasteiger partial charge in [0.15, 0.2) is 0 Å². The van der Waals surface area contributed by atoms with E-state index in [4.69, 9.17) is 0 Å². The van der Waals surface area contributed by atoms with Crippen LogP contribution in [0.2, 0.25) is 0 Å². The Bertz CT molecular complexity index is 524. The van der Waals surface area contributed by atoms with Gasteiger partial charge >= 0.3 is 0 Å². The molecular formula is C15H19N3O. The van der Waals surface area contributed by atoms with Gasteiger partial charge in [-0.05, 0) is 24.0 Å². The molecule has 2 aliphatic rings. The quantitative estimate of drug-likeness (QED) is 0.807. The fourth-order valence-corrected chi connectivity index (χ4v) is 2.79. The number of hydrazone groups is 1. The topological polar surface area (TPSA) is 35.9 Å². The van der Waals surface area contributed by atoms with Crippen LogP contribution in [0.4, 0.5) is 0 Å². The van der Waals surface area contributed by atoms with Crippen molar-refractivity contribution in [3.63, 3.8) is 0 Å². The molecule has 1 aromatic rings. The minimum Gasteiger partial charge on any atom is -0.293 e. The first kappa shape index (κ1) is 12.4. The minimum absolute atomic E-state index is 0.118. The monoisotopic (exact) mass is 257 g/mol. The van der Waals surface area contributed by atoms with E-state index in [0.717, 1.165) is 38.2 Å². The van der Waals surface area contributed by atoms with Gasteiger partial charge in [-0.1, -0.05) is 24.3 Å². The number of hydrogen-bond acceptors (Lipinski definition) is 3. The third-order valence-electron chi connectivity index (χ3n) is 3.90. The average molecular weight is 257 g/mol. The molecule has 2 heterocycles. The van der Waals surface area contributed by atoms with Gasteiger partial charge in [-0.3, -0.25) is 9.69 Å². The average Bonchev–Trinajstić information content (AvgIpc) is 2.43. The molecule has 1 aromatic carbocycles. The van der Waals surface area contributed by atoms with Crippen molar-refractivity contribution in [2.24, 2.45) is 5.10 Å². The van der Waals surface area contributed by atoms with Gasteiger partial charge in [0.1, 0.15) is 0 Å². The smallest absolute Gasteiger partial charge is 0.242 e. The molecule has 0 N–H and O–H groups in total. The maximum Gasteiger partial charge on any atom is 0.242 e. The molecule has 0 unspecified atom stereocenters. The molecule has 0 bridgehead atoms. The SMILES string of the molecule is CN1N=C(CN2CCc3ccccc3C2)CCC1=O. The predicted molar refractivity (Wildman–Crippen MR) is 74.9 cm³/mol. The van der Waals surface area contributed by atoms with Crippen molar-refractivity contribution in [3.05, 3.63) is 35.4 Å². The lowest BCUT2D eigenvalue weighted by Gasteiger charge is -2.30. The normalized spacial score (nSPS) is 20.2. The van der Waals surface area contributed by atoms with Crippen molar-refractivity contribution in [1.29, 1.82) is 0 Å². The highest BCUT2D eigenvalue weighted by molar-refractivity contribution is 5.93. The first-order chi connectivity index (χ1) is 9.22. The van der Waals surface area contributed by atoms with E-state index in [1.165, 1.54) is 16.1 Å². The lowest BCUT2D eigenvalue weighted by Crippen LogP contribution is -2.38. The van der Waals surface area contributed by atoms with Gasteiger partial charge in [0.2, 0.25) is 5.91 Å². The second kappa shape index (κ2) is 5.13. The van der Waals surface area contributed by atoms with Crippen LogP contribution in [0.5, 0.6) is 0 Å². The van der Waals surface area contributed by atoms with Crippen LogP contribution in [0.1, 0.15) is 24.0 Å². The molecule has 0 aliphatic carbocycles. The molecule has 1 amide bonds. The number of benzene rings is 1. The van der Waals surface area contributed by atoms with Gasteiger partial charge in [0.05, 0.1) is 5.71 Å². The summed E-state index contributed by atoms with van der Waals surface area (Å²) in [6, 6.07) is 8.64. The molecule has 4 heteroatoms. The third kappa shape index (κ3) is 2.68. The molecule has 0 radical (unpaired) electrons. The summed E-state index contributed by atoms with van der Waals surface area (Å²) in [6.07, 6.45) is 2.51. The van der Waals surface area contributed by atoms with E-state index in [9.17, 15) is 4.79 Å². The number of hydrogen-bond donors (Lipinski definition) is 0. The fourth-order valence-electron chi connectivity index (χ4n) is 2.79. The molecule has 0 saturated heterocycles. The van der Waals surface area contributed by atoms with Crippen LogP contribution in [0.25, 0.3) is 0 Å². The van der Waals surface area contributed by atoms with Crippen molar-refractivity contribution < 1.29 is 4.79 Å². The Morgan fingerprint density at radius 2 is 1.95 bits per heavy atom. The van der Waals surface area contributed by atoms with Crippen LogP contribution in [-0.2, 0) is 17.8 Å². The molecule has 0 aromatic heterocycles. The number of nitrogens with zero attached hydrogens (tertiary/aromatic N) is 3. The van der Waals surface area contributed by atoms with E-state index in [-0.39, 0.29) is 5.91 Å². The Morgan fingerprint density at radius 3 is 2.74 bits per heavy atom. The second-order valence-electron chi connectivity index (χ2n) is 5.31. The van der Waals surface area contributed by atoms with Crippen LogP contribution < -0.4 is 0 Å². The number of amides is 1. The van der Waals surface area contributed by atoms with Crippen molar-refractivity contribution in [3.8, 4) is 0 Å². The van der Waals surface area contributed by atoms with E-state index in [1.54, 1.807) is 7.05 Å². The summed E-state index contributed by atoms with van der Waals surface area (Å²) in [5, 5.41) is 5.85. The third-order valence-corrected chi connectivity index (χ3v) is 3.90. The Hall–Kier alpha value is -1.68. The zero-order chi connectivity index (χ0) is 13.2. The van der Waals surface area contributed by atoms with Crippen molar-refractivity contribution >= 4 is 11.6 Å². The molecule has 0 saturated carbocycles. The fraction of sp³-hybridized carbons (Fsp3) is 0.467.